The Hall–Kier alpha value is -2.86. The average Bonchev–Trinajstić information content (AvgIpc) is 3.14. The molecule has 29 heavy (non-hydrogen) atoms. The molecule has 6 nitrogen and oxygen atoms in total. The van der Waals surface area contributed by atoms with Crippen molar-refractivity contribution in [3.63, 3.8) is 0 Å². The summed E-state index contributed by atoms with van der Waals surface area (Å²) in [6.45, 7) is 6.47. The van der Waals surface area contributed by atoms with E-state index < -0.39 is 11.5 Å². The van der Waals surface area contributed by atoms with Gasteiger partial charge in [0.05, 0.1) is 6.04 Å². The van der Waals surface area contributed by atoms with Gasteiger partial charge in [-0.3, -0.25) is 9.69 Å². The minimum Gasteiger partial charge on any atom is -0.465 e. The summed E-state index contributed by atoms with van der Waals surface area (Å²) in [4.78, 5) is 27.4. The van der Waals surface area contributed by atoms with Gasteiger partial charge in [-0.1, -0.05) is 25.1 Å². The highest BCUT2D eigenvalue weighted by molar-refractivity contribution is 5.96. The molecule has 152 valence electrons. The van der Waals surface area contributed by atoms with Gasteiger partial charge < -0.3 is 14.2 Å². The molecule has 1 aliphatic rings. The van der Waals surface area contributed by atoms with Crippen LogP contribution in [-0.2, 0) is 0 Å². The predicted octanol–water partition coefficient (Wildman–Crippen LogP) is 3.90. The minimum absolute atomic E-state index is 0.0188. The summed E-state index contributed by atoms with van der Waals surface area (Å²) in [6.07, 6.45) is 2.25. The highest BCUT2D eigenvalue weighted by Crippen LogP contribution is 2.27. The van der Waals surface area contributed by atoms with Crippen molar-refractivity contribution in [2.45, 2.75) is 32.7 Å². The second kappa shape index (κ2) is 8.25. The van der Waals surface area contributed by atoms with Gasteiger partial charge in [0.1, 0.15) is 22.7 Å². The van der Waals surface area contributed by atoms with Crippen LogP contribution >= 0.6 is 0 Å². The fourth-order valence-electron chi connectivity index (χ4n) is 3.89. The molecular formula is C23H26N2O4. The zero-order valence-corrected chi connectivity index (χ0v) is 16.8. The lowest BCUT2D eigenvalue weighted by Gasteiger charge is -2.35. The molecule has 1 aromatic carbocycles. The number of benzene rings is 1. The molecule has 0 radical (unpaired) electrons. The van der Waals surface area contributed by atoms with Crippen molar-refractivity contribution in [1.82, 2.24) is 10.2 Å². The van der Waals surface area contributed by atoms with Crippen LogP contribution in [0.3, 0.4) is 0 Å². The molecule has 6 heteroatoms. The topological polar surface area (TPSA) is 75.7 Å². The Bertz CT molecular complexity index is 1060. The van der Waals surface area contributed by atoms with Crippen molar-refractivity contribution in [3.8, 4) is 0 Å². The van der Waals surface area contributed by atoms with E-state index in [2.05, 4.69) is 17.1 Å². The smallest absolute Gasteiger partial charge is 0.349 e. The van der Waals surface area contributed by atoms with Gasteiger partial charge in [-0.15, -0.1) is 0 Å². The Morgan fingerprint density at radius 2 is 1.93 bits per heavy atom. The van der Waals surface area contributed by atoms with Crippen molar-refractivity contribution in [2.75, 3.05) is 19.6 Å². The molecule has 1 fully saturated rings. The molecule has 1 saturated heterocycles. The van der Waals surface area contributed by atoms with E-state index in [-0.39, 0.29) is 11.6 Å². The molecule has 4 rings (SSSR count). The number of nitrogens with zero attached hydrogens (tertiary/aromatic N) is 1. The molecule has 0 aliphatic carbocycles. The number of carbonyl (C=O) groups is 1. The Morgan fingerprint density at radius 1 is 1.17 bits per heavy atom. The summed E-state index contributed by atoms with van der Waals surface area (Å²) in [5.41, 5.74) is -0.135. The van der Waals surface area contributed by atoms with E-state index in [1.807, 2.05) is 31.2 Å². The number of amides is 1. The lowest BCUT2D eigenvalue weighted by Crippen LogP contribution is -2.42. The van der Waals surface area contributed by atoms with Crippen LogP contribution < -0.4 is 10.9 Å². The number of likely N-dealkylation sites (tertiary alicyclic amines) is 1. The zero-order chi connectivity index (χ0) is 20.4. The number of rotatable bonds is 5. The van der Waals surface area contributed by atoms with Gasteiger partial charge in [-0.05, 0) is 63.0 Å². The molecule has 0 bridgehead atoms. The number of fused-ring (bicyclic) bond motifs is 1. The van der Waals surface area contributed by atoms with Crippen LogP contribution in [0.1, 0.15) is 47.7 Å². The number of furan rings is 1. The van der Waals surface area contributed by atoms with Crippen LogP contribution in [0.5, 0.6) is 0 Å². The molecule has 0 spiro atoms. The molecule has 2 aromatic heterocycles. The molecular weight excluding hydrogens is 368 g/mol. The van der Waals surface area contributed by atoms with Crippen molar-refractivity contribution < 1.29 is 13.6 Å². The fourth-order valence-corrected chi connectivity index (χ4v) is 3.89. The summed E-state index contributed by atoms with van der Waals surface area (Å²) in [5.74, 6) is 1.96. The van der Waals surface area contributed by atoms with E-state index in [4.69, 9.17) is 8.83 Å². The first-order chi connectivity index (χ1) is 14.0. The van der Waals surface area contributed by atoms with Crippen LogP contribution in [0.25, 0.3) is 11.0 Å². The molecule has 3 heterocycles. The van der Waals surface area contributed by atoms with Crippen molar-refractivity contribution in [1.29, 1.82) is 0 Å². The molecule has 3 aromatic rings. The minimum atomic E-state index is -0.626. The van der Waals surface area contributed by atoms with Crippen LogP contribution in [0.4, 0.5) is 0 Å². The van der Waals surface area contributed by atoms with Gasteiger partial charge in [0, 0.05) is 11.9 Å². The lowest BCUT2D eigenvalue weighted by atomic mass is 9.97. The van der Waals surface area contributed by atoms with Crippen LogP contribution in [0.2, 0.25) is 0 Å². The van der Waals surface area contributed by atoms with Gasteiger partial charge in [0.25, 0.3) is 5.91 Å². The lowest BCUT2D eigenvalue weighted by molar-refractivity contribution is 0.0891. The molecule has 1 atom stereocenters. The quantitative estimate of drug-likeness (QED) is 0.664. The number of piperidine rings is 1. The summed E-state index contributed by atoms with van der Waals surface area (Å²) >= 11 is 0. The molecule has 1 N–H and O–H groups in total. The van der Waals surface area contributed by atoms with Gasteiger partial charge in [-0.2, -0.15) is 0 Å². The van der Waals surface area contributed by atoms with Crippen LogP contribution in [0.15, 0.2) is 56.1 Å². The summed E-state index contributed by atoms with van der Waals surface area (Å²) in [6, 6.07) is 12.6. The summed E-state index contributed by atoms with van der Waals surface area (Å²) in [7, 11) is 0. The summed E-state index contributed by atoms with van der Waals surface area (Å²) < 4.78 is 11.2. The van der Waals surface area contributed by atoms with E-state index in [1.54, 1.807) is 18.2 Å². The number of carbonyl (C=O) groups excluding carboxylic acids is 1. The standard InChI is InChI=1S/C23H26N2O4/c1-15-9-11-25(12-10-15)19(21-8-7-16(2)28-21)14-24-22(26)18-13-17-5-3-4-6-20(17)29-23(18)27/h3-8,13,15,19H,9-12,14H2,1-2H3,(H,24,26). The Kier molecular flexibility index (Phi) is 5.53. The van der Waals surface area contributed by atoms with E-state index in [0.717, 1.165) is 42.8 Å². The Morgan fingerprint density at radius 3 is 2.66 bits per heavy atom. The second-order valence-corrected chi connectivity index (χ2v) is 7.88. The fraction of sp³-hybridized carbons (Fsp3) is 0.391. The first-order valence-corrected chi connectivity index (χ1v) is 10.1. The first-order valence-electron chi connectivity index (χ1n) is 10.1. The number of nitrogens with one attached hydrogen (secondary N) is 1. The SMILES string of the molecule is Cc1ccc(C(CNC(=O)c2cc3ccccc3oc2=O)N2CCC(C)CC2)o1. The van der Waals surface area contributed by atoms with Crippen LogP contribution in [-0.4, -0.2) is 30.4 Å². The molecule has 0 saturated carbocycles. The van der Waals surface area contributed by atoms with Gasteiger partial charge in [0.15, 0.2) is 0 Å². The predicted molar refractivity (Wildman–Crippen MR) is 111 cm³/mol. The van der Waals surface area contributed by atoms with E-state index in [0.29, 0.717) is 18.0 Å². The zero-order valence-electron chi connectivity index (χ0n) is 16.8. The van der Waals surface area contributed by atoms with Crippen LogP contribution in [0, 0.1) is 12.8 Å². The third-order valence-electron chi connectivity index (χ3n) is 5.69. The average molecular weight is 394 g/mol. The number of hydrogen-bond acceptors (Lipinski definition) is 5. The van der Waals surface area contributed by atoms with E-state index >= 15 is 0 Å². The van der Waals surface area contributed by atoms with Crippen molar-refractivity contribution in [2.24, 2.45) is 5.92 Å². The number of hydrogen-bond donors (Lipinski definition) is 1. The Labute approximate surface area is 169 Å². The third-order valence-corrected chi connectivity index (χ3v) is 5.69. The highest BCUT2D eigenvalue weighted by Gasteiger charge is 2.27. The molecule has 1 amide bonds. The van der Waals surface area contributed by atoms with Gasteiger partial charge in [0.2, 0.25) is 0 Å². The molecule has 1 aliphatic heterocycles. The van der Waals surface area contributed by atoms with Gasteiger partial charge >= 0.3 is 5.63 Å². The highest BCUT2D eigenvalue weighted by atomic mass is 16.4. The Balaban J connectivity index is 1.53. The molecule has 1 unspecified atom stereocenters. The van der Waals surface area contributed by atoms with E-state index in [1.165, 1.54) is 0 Å². The largest absolute Gasteiger partial charge is 0.465 e. The first kappa shape index (κ1) is 19.5. The normalized spacial score (nSPS) is 16.8. The third kappa shape index (κ3) is 4.27. The van der Waals surface area contributed by atoms with Crippen molar-refractivity contribution >= 4 is 16.9 Å². The van der Waals surface area contributed by atoms with Crippen molar-refractivity contribution in [3.05, 3.63) is 70.0 Å². The van der Waals surface area contributed by atoms with Gasteiger partial charge in [-0.25, -0.2) is 4.79 Å². The second-order valence-electron chi connectivity index (χ2n) is 7.88. The van der Waals surface area contributed by atoms with E-state index in [9.17, 15) is 9.59 Å². The maximum Gasteiger partial charge on any atom is 0.349 e. The maximum atomic E-state index is 12.8. The maximum absolute atomic E-state index is 12.8. The monoisotopic (exact) mass is 394 g/mol. The number of para-hydroxylation sites is 1. The number of aryl methyl sites for hydroxylation is 1. The summed E-state index contributed by atoms with van der Waals surface area (Å²) in [5, 5.41) is 3.64.